The van der Waals surface area contributed by atoms with Gasteiger partial charge in [-0.25, -0.2) is 4.98 Å². The minimum atomic E-state index is -4.41. The molecule has 0 fully saturated rings. The number of thioether (sulfide) groups is 1. The lowest BCUT2D eigenvalue weighted by Gasteiger charge is -2.17. The number of nitrogens with one attached hydrogen (secondary N) is 1. The zero-order chi connectivity index (χ0) is 15.3. The van der Waals surface area contributed by atoms with E-state index in [1.807, 2.05) is 0 Å². The van der Waals surface area contributed by atoms with Crippen LogP contribution < -0.4 is 5.32 Å². The van der Waals surface area contributed by atoms with Crippen molar-refractivity contribution in [2.24, 2.45) is 5.92 Å². The Morgan fingerprint density at radius 1 is 1.35 bits per heavy atom. The second kappa shape index (κ2) is 7.52. The number of nitrogens with zero attached hydrogens (tertiary/aromatic N) is 1. The molecule has 20 heavy (non-hydrogen) atoms. The average Bonchev–Trinajstić information content (AvgIpc) is 2.34. The van der Waals surface area contributed by atoms with Crippen molar-refractivity contribution in [2.45, 2.75) is 38.0 Å². The maximum Gasteiger partial charge on any atom is 0.417 e. The SMILES string of the molecule is CC(C)C(C)NCCSc1ncc(C(F)(F)F)cc1Cl. The Morgan fingerprint density at radius 2 is 2.00 bits per heavy atom. The van der Waals surface area contributed by atoms with Crippen LogP contribution in [0.4, 0.5) is 13.2 Å². The van der Waals surface area contributed by atoms with Crippen molar-refractivity contribution < 1.29 is 13.2 Å². The van der Waals surface area contributed by atoms with Crippen LogP contribution in [0, 0.1) is 5.92 Å². The Labute approximate surface area is 126 Å². The van der Waals surface area contributed by atoms with E-state index < -0.39 is 11.7 Å². The Bertz CT molecular complexity index is 438. The largest absolute Gasteiger partial charge is 0.417 e. The first kappa shape index (κ1) is 17.6. The first-order valence-corrected chi connectivity index (χ1v) is 7.67. The van der Waals surface area contributed by atoms with Gasteiger partial charge in [-0.2, -0.15) is 13.2 Å². The van der Waals surface area contributed by atoms with Crippen molar-refractivity contribution in [3.8, 4) is 0 Å². The van der Waals surface area contributed by atoms with Gasteiger partial charge < -0.3 is 5.32 Å². The molecule has 0 radical (unpaired) electrons. The van der Waals surface area contributed by atoms with Gasteiger partial charge in [-0.05, 0) is 18.9 Å². The molecule has 1 unspecified atom stereocenters. The molecule has 1 aromatic rings. The minimum Gasteiger partial charge on any atom is -0.313 e. The van der Waals surface area contributed by atoms with Gasteiger partial charge in [-0.3, -0.25) is 0 Å². The zero-order valence-corrected chi connectivity index (χ0v) is 13.2. The van der Waals surface area contributed by atoms with E-state index in [0.717, 1.165) is 18.8 Å². The molecule has 1 aromatic heterocycles. The summed E-state index contributed by atoms with van der Waals surface area (Å²) in [6, 6.07) is 1.31. The first-order chi connectivity index (χ1) is 9.21. The molecule has 0 aromatic carbocycles. The van der Waals surface area contributed by atoms with Crippen LogP contribution in [0.3, 0.4) is 0 Å². The lowest BCUT2D eigenvalue weighted by molar-refractivity contribution is -0.137. The van der Waals surface area contributed by atoms with E-state index in [1.165, 1.54) is 11.8 Å². The maximum absolute atomic E-state index is 12.5. The summed E-state index contributed by atoms with van der Waals surface area (Å²) in [4.78, 5) is 3.78. The monoisotopic (exact) mass is 326 g/mol. The first-order valence-electron chi connectivity index (χ1n) is 6.30. The molecule has 1 heterocycles. The molecule has 0 saturated carbocycles. The Morgan fingerprint density at radius 3 is 2.50 bits per heavy atom. The van der Waals surface area contributed by atoms with Gasteiger partial charge in [0, 0.05) is 24.5 Å². The highest BCUT2D eigenvalue weighted by Gasteiger charge is 2.31. The molecular weight excluding hydrogens is 309 g/mol. The molecule has 114 valence electrons. The van der Waals surface area contributed by atoms with Gasteiger partial charge in [0.05, 0.1) is 10.6 Å². The lowest BCUT2D eigenvalue weighted by atomic mass is 10.1. The summed E-state index contributed by atoms with van der Waals surface area (Å²) in [5, 5.41) is 3.81. The van der Waals surface area contributed by atoms with Crippen molar-refractivity contribution >= 4 is 23.4 Å². The van der Waals surface area contributed by atoms with E-state index in [2.05, 4.69) is 31.1 Å². The van der Waals surface area contributed by atoms with Crippen molar-refractivity contribution in [1.29, 1.82) is 0 Å². The van der Waals surface area contributed by atoms with Crippen molar-refractivity contribution in [1.82, 2.24) is 10.3 Å². The van der Waals surface area contributed by atoms with Gasteiger partial charge in [0.1, 0.15) is 5.03 Å². The second-order valence-corrected chi connectivity index (χ2v) is 6.33. The highest BCUT2D eigenvalue weighted by molar-refractivity contribution is 7.99. The topological polar surface area (TPSA) is 24.9 Å². The second-order valence-electron chi connectivity index (χ2n) is 4.84. The summed E-state index contributed by atoms with van der Waals surface area (Å²) >= 11 is 7.17. The van der Waals surface area contributed by atoms with Crippen LogP contribution in [0.15, 0.2) is 17.3 Å². The number of alkyl halides is 3. The molecule has 1 atom stereocenters. The van der Waals surface area contributed by atoms with Crippen LogP contribution in [0.1, 0.15) is 26.3 Å². The summed E-state index contributed by atoms with van der Waals surface area (Å²) in [7, 11) is 0. The third kappa shape index (κ3) is 5.50. The van der Waals surface area contributed by atoms with Gasteiger partial charge in [0.2, 0.25) is 0 Å². The smallest absolute Gasteiger partial charge is 0.313 e. The van der Waals surface area contributed by atoms with Crippen LogP contribution in [0.5, 0.6) is 0 Å². The molecule has 0 saturated heterocycles. The van der Waals surface area contributed by atoms with Crippen LogP contribution in [0.25, 0.3) is 0 Å². The molecule has 0 aliphatic carbocycles. The van der Waals surface area contributed by atoms with Crippen LogP contribution in [-0.4, -0.2) is 23.3 Å². The molecule has 0 bridgehead atoms. The quantitative estimate of drug-likeness (QED) is 0.616. The Balaban J connectivity index is 2.49. The minimum absolute atomic E-state index is 0.0433. The lowest BCUT2D eigenvalue weighted by Crippen LogP contribution is -2.32. The van der Waals surface area contributed by atoms with Gasteiger partial charge in [0.25, 0.3) is 0 Å². The molecule has 2 nitrogen and oxygen atoms in total. The average molecular weight is 327 g/mol. The molecule has 1 rings (SSSR count). The van der Waals surface area contributed by atoms with Crippen molar-refractivity contribution in [3.05, 3.63) is 22.8 Å². The van der Waals surface area contributed by atoms with Crippen molar-refractivity contribution in [2.75, 3.05) is 12.3 Å². The Kier molecular flexibility index (Phi) is 6.61. The zero-order valence-electron chi connectivity index (χ0n) is 11.6. The van der Waals surface area contributed by atoms with Crippen LogP contribution in [0.2, 0.25) is 5.02 Å². The van der Waals surface area contributed by atoms with Gasteiger partial charge in [0.15, 0.2) is 0 Å². The van der Waals surface area contributed by atoms with Gasteiger partial charge >= 0.3 is 6.18 Å². The molecular formula is C13H18ClF3N2S. The van der Waals surface area contributed by atoms with E-state index >= 15 is 0 Å². The van der Waals surface area contributed by atoms with E-state index in [1.54, 1.807) is 0 Å². The summed E-state index contributed by atoms with van der Waals surface area (Å²) in [6.45, 7) is 7.10. The van der Waals surface area contributed by atoms with E-state index in [4.69, 9.17) is 11.6 Å². The fourth-order valence-electron chi connectivity index (χ4n) is 1.36. The van der Waals surface area contributed by atoms with Crippen LogP contribution in [-0.2, 0) is 6.18 Å². The molecule has 0 amide bonds. The summed E-state index contributed by atoms with van der Waals surface area (Å²) in [5.41, 5.74) is -0.821. The molecule has 0 aliphatic rings. The number of pyridine rings is 1. The number of aromatic nitrogens is 1. The van der Waals surface area contributed by atoms with E-state index in [9.17, 15) is 13.2 Å². The third-order valence-electron chi connectivity index (χ3n) is 2.94. The maximum atomic E-state index is 12.5. The molecule has 1 N–H and O–H groups in total. The van der Waals surface area contributed by atoms with E-state index in [0.29, 0.717) is 22.7 Å². The predicted octanol–water partition coefficient (Wildman–Crippen LogP) is 4.48. The number of halogens is 4. The van der Waals surface area contributed by atoms with Crippen LogP contribution >= 0.6 is 23.4 Å². The normalized spacial score (nSPS) is 13.8. The highest BCUT2D eigenvalue weighted by Crippen LogP contribution is 2.33. The van der Waals surface area contributed by atoms with Crippen molar-refractivity contribution in [3.63, 3.8) is 0 Å². The van der Waals surface area contributed by atoms with E-state index in [-0.39, 0.29) is 5.02 Å². The Hall–Kier alpha value is -0.460. The standard InChI is InChI=1S/C13H18ClF3N2S/c1-8(2)9(3)18-4-5-20-12-11(14)6-10(7-19-12)13(15,16)17/h6-9,18H,4-5H2,1-3H3. The fraction of sp³-hybridized carbons (Fsp3) is 0.615. The highest BCUT2D eigenvalue weighted by atomic mass is 35.5. The third-order valence-corrected chi connectivity index (χ3v) is 4.35. The number of rotatable bonds is 6. The summed E-state index contributed by atoms with van der Waals surface area (Å²) in [6.07, 6.45) is -3.59. The number of hydrogen-bond acceptors (Lipinski definition) is 3. The van der Waals surface area contributed by atoms with Gasteiger partial charge in [-0.15, -0.1) is 11.8 Å². The summed E-state index contributed by atoms with van der Waals surface area (Å²) in [5.74, 6) is 1.24. The fourth-order valence-corrected chi connectivity index (χ4v) is 2.42. The molecule has 7 heteroatoms. The molecule has 0 aliphatic heterocycles. The van der Waals surface area contributed by atoms with Gasteiger partial charge in [-0.1, -0.05) is 25.4 Å². The predicted molar refractivity (Wildman–Crippen MR) is 77.3 cm³/mol. The molecule has 0 spiro atoms. The number of hydrogen-bond donors (Lipinski definition) is 1. The summed E-state index contributed by atoms with van der Waals surface area (Å²) < 4.78 is 37.4.